The smallest absolute Gasteiger partial charge is 0.352 e. The molecule has 4 N–H and O–H groups in total. The number of piperazine rings is 2. The molecule has 0 bridgehead atoms. The van der Waals surface area contributed by atoms with E-state index in [0.717, 1.165) is 32.2 Å². The van der Waals surface area contributed by atoms with Crippen LogP contribution in [0, 0.1) is 0 Å². The van der Waals surface area contributed by atoms with Gasteiger partial charge in [0.15, 0.2) is 0 Å². The van der Waals surface area contributed by atoms with Crippen molar-refractivity contribution < 1.29 is 34.2 Å². The first kappa shape index (κ1) is 37.7. The zero-order valence-corrected chi connectivity index (χ0v) is 31.4. The number of hydrogen-bond acceptors (Lipinski definition) is 10. The summed E-state index contributed by atoms with van der Waals surface area (Å²) in [6.07, 6.45) is 4.37. The van der Waals surface area contributed by atoms with Gasteiger partial charge in [0.1, 0.15) is 18.1 Å². The number of rotatable bonds is 10. The zero-order chi connectivity index (χ0) is 39.8. The van der Waals surface area contributed by atoms with Gasteiger partial charge in [-0.25, -0.2) is 4.79 Å². The molecule has 294 valence electrons. The number of H-pyrrole nitrogens is 1. The van der Waals surface area contributed by atoms with Crippen LogP contribution in [0.5, 0.6) is 0 Å². The Labute approximate surface area is 330 Å². The Bertz CT molecular complexity index is 2340. The van der Waals surface area contributed by atoms with Crippen LogP contribution in [0.2, 0.25) is 5.02 Å². The van der Waals surface area contributed by atoms with Crippen molar-refractivity contribution in [2.24, 2.45) is 0 Å². The summed E-state index contributed by atoms with van der Waals surface area (Å²) in [4.78, 5) is 76.3. The number of carboxylic acid groups (broad SMARTS) is 1. The standard InChI is InChI=1S/C39H39ClN10O7/c40-25-3-12-32(50-22-41-44-45-50)33(20-25)48-15-16-49(38(55)37(48)54)34(36(53)42-26-4-11-30-24(18-26)19-31(43-30)39(56)57)17-23-1-5-28(6-2-23)47-14-13-46(21-35(47)52)27-7-9-29(51)10-8-27/h1-6,11-12,18-20,22,27,29,34,43,51H,7-10,13-17,21H2,(H,42,53)(H,56,57). The van der Waals surface area contributed by atoms with Gasteiger partial charge in [-0.3, -0.25) is 24.1 Å². The topological polar surface area (TPSA) is 210 Å². The van der Waals surface area contributed by atoms with Crippen molar-refractivity contribution in [2.75, 3.05) is 47.8 Å². The number of amides is 4. The van der Waals surface area contributed by atoms with E-state index in [1.54, 1.807) is 41.3 Å². The molecule has 17 nitrogen and oxygen atoms in total. The lowest BCUT2D eigenvalue weighted by Crippen LogP contribution is -2.60. The maximum atomic E-state index is 14.2. The molecule has 1 saturated carbocycles. The number of carboxylic acids is 1. The van der Waals surface area contributed by atoms with Gasteiger partial charge in [-0.2, -0.15) is 4.68 Å². The maximum Gasteiger partial charge on any atom is 0.352 e. The highest BCUT2D eigenvalue weighted by Gasteiger charge is 2.41. The van der Waals surface area contributed by atoms with E-state index in [2.05, 4.69) is 30.7 Å². The molecule has 4 amide bonds. The third-order valence-corrected chi connectivity index (χ3v) is 11.2. The van der Waals surface area contributed by atoms with Gasteiger partial charge in [0.25, 0.3) is 0 Å². The molecule has 0 spiro atoms. The second-order valence-electron chi connectivity index (χ2n) is 14.5. The maximum absolute atomic E-state index is 14.2. The van der Waals surface area contributed by atoms with E-state index in [0.29, 0.717) is 57.3 Å². The van der Waals surface area contributed by atoms with Crippen LogP contribution in [-0.4, -0.2) is 126 Å². The number of aliphatic hydroxyl groups is 1. The van der Waals surface area contributed by atoms with Crippen molar-refractivity contribution >= 4 is 69.2 Å². The van der Waals surface area contributed by atoms with Gasteiger partial charge in [0.2, 0.25) is 11.8 Å². The Kier molecular flexibility index (Phi) is 10.4. The molecule has 5 aromatic rings. The molecular formula is C39H39ClN10O7. The van der Waals surface area contributed by atoms with Gasteiger partial charge in [-0.1, -0.05) is 23.7 Å². The number of aliphatic hydroxyl groups excluding tert-OH is 1. The third kappa shape index (κ3) is 7.81. The highest BCUT2D eigenvalue weighted by atomic mass is 35.5. The van der Waals surface area contributed by atoms with E-state index >= 15 is 0 Å². The summed E-state index contributed by atoms with van der Waals surface area (Å²) in [6, 6.07) is 17.5. The Morgan fingerprint density at radius 3 is 2.37 bits per heavy atom. The molecule has 57 heavy (non-hydrogen) atoms. The fourth-order valence-electron chi connectivity index (χ4n) is 7.98. The molecule has 2 aromatic heterocycles. The van der Waals surface area contributed by atoms with Crippen molar-refractivity contribution in [1.82, 2.24) is 35.0 Å². The first-order valence-electron chi connectivity index (χ1n) is 18.7. The molecule has 4 heterocycles. The molecule has 1 unspecified atom stereocenters. The summed E-state index contributed by atoms with van der Waals surface area (Å²) in [6.45, 7) is 1.57. The minimum absolute atomic E-state index is 0.000143. The first-order chi connectivity index (χ1) is 27.5. The lowest BCUT2D eigenvalue weighted by Gasteiger charge is -2.41. The second-order valence-corrected chi connectivity index (χ2v) is 14.9. The predicted molar refractivity (Wildman–Crippen MR) is 208 cm³/mol. The van der Waals surface area contributed by atoms with Gasteiger partial charge in [-0.05, 0) is 96.3 Å². The number of halogens is 1. The number of aromatic carboxylic acids is 1. The van der Waals surface area contributed by atoms with E-state index < -0.39 is 29.7 Å². The number of tetrazole rings is 1. The molecule has 3 fully saturated rings. The Balaban J connectivity index is 1.03. The molecule has 2 saturated heterocycles. The lowest BCUT2D eigenvalue weighted by atomic mass is 9.91. The number of fused-ring (bicyclic) bond motifs is 1. The van der Waals surface area contributed by atoms with E-state index in [1.807, 2.05) is 24.3 Å². The number of carbonyl (C=O) groups is 5. The van der Waals surface area contributed by atoms with Crippen LogP contribution < -0.4 is 15.1 Å². The van der Waals surface area contributed by atoms with Crippen LogP contribution in [0.4, 0.5) is 17.1 Å². The normalized spacial score (nSPS) is 20.0. The molecule has 0 radical (unpaired) electrons. The van der Waals surface area contributed by atoms with E-state index in [-0.39, 0.29) is 43.3 Å². The van der Waals surface area contributed by atoms with Gasteiger partial charge >= 0.3 is 17.8 Å². The second kappa shape index (κ2) is 15.8. The number of aromatic nitrogens is 5. The molecule has 2 aliphatic heterocycles. The van der Waals surface area contributed by atoms with Gasteiger partial charge in [-0.15, -0.1) is 5.10 Å². The summed E-state index contributed by atoms with van der Waals surface area (Å²) in [5, 5.41) is 34.4. The van der Waals surface area contributed by atoms with Crippen molar-refractivity contribution in [3.63, 3.8) is 0 Å². The Morgan fingerprint density at radius 1 is 0.877 bits per heavy atom. The summed E-state index contributed by atoms with van der Waals surface area (Å²) < 4.78 is 1.35. The largest absolute Gasteiger partial charge is 0.477 e. The molecule has 1 aliphatic carbocycles. The van der Waals surface area contributed by atoms with Crippen molar-refractivity contribution in [1.29, 1.82) is 0 Å². The van der Waals surface area contributed by atoms with Crippen molar-refractivity contribution in [3.8, 4) is 5.69 Å². The predicted octanol–water partition coefficient (Wildman–Crippen LogP) is 2.87. The molecular weight excluding hydrogens is 756 g/mol. The molecule has 1 atom stereocenters. The van der Waals surface area contributed by atoms with Crippen molar-refractivity contribution in [2.45, 2.75) is 50.3 Å². The highest BCUT2D eigenvalue weighted by Crippen LogP contribution is 2.31. The minimum atomic E-state index is -1.14. The van der Waals surface area contributed by atoms with Crippen LogP contribution in [0.25, 0.3) is 16.6 Å². The summed E-state index contributed by atoms with van der Waals surface area (Å²) >= 11 is 6.32. The number of hydrogen-bond donors (Lipinski definition) is 4. The molecule has 18 heteroatoms. The average molecular weight is 795 g/mol. The van der Waals surface area contributed by atoms with Gasteiger partial charge in [0.05, 0.1) is 24.0 Å². The van der Waals surface area contributed by atoms with Gasteiger partial charge < -0.3 is 35.2 Å². The van der Waals surface area contributed by atoms with Crippen LogP contribution in [0.3, 0.4) is 0 Å². The quantitative estimate of drug-likeness (QED) is 0.151. The lowest BCUT2D eigenvalue weighted by molar-refractivity contribution is -0.149. The number of benzene rings is 3. The van der Waals surface area contributed by atoms with Crippen molar-refractivity contribution in [3.05, 3.63) is 89.3 Å². The number of aromatic amines is 1. The van der Waals surface area contributed by atoms with Crippen LogP contribution in [-0.2, 0) is 25.6 Å². The third-order valence-electron chi connectivity index (χ3n) is 11.0. The Hall–Kier alpha value is -6.17. The molecule has 8 rings (SSSR count). The van der Waals surface area contributed by atoms with E-state index in [1.165, 1.54) is 26.9 Å². The van der Waals surface area contributed by atoms with E-state index in [4.69, 9.17) is 11.6 Å². The van der Waals surface area contributed by atoms with E-state index in [9.17, 15) is 34.2 Å². The zero-order valence-electron chi connectivity index (χ0n) is 30.6. The first-order valence-corrected chi connectivity index (χ1v) is 19.0. The molecule has 3 aromatic carbocycles. The summed E-state index contributed by atoms with van der Waals surface area (Å²) in [5.41, 5.74) is 3.07. The van der Waals surface area contributed by atoms with Crippen LogP contribution in [0.1, 0.15) is 41.7 Å². The number of nitrogens with one attached hydrogen (secondary N) is 2. The number of nitrogens with zero attached hydrogens (tertiary/aromatic N) is 8. The Morgan fingerprint density at radius 2 is 1.65 bits per heavy atom. The number of anilines is 3. The SMILES string of the molecule is O=C(O)c1cc2cc(NC(=O)C(Cc3ccc(N4CCN(C5CCC(O)CC5)CC4=O)cc3)N3CCN(c4cc(Cl)ccc4-n4cnnn4)C(=O)C3=O)ccc2[nH]1. The highest BCUT2D eigenvalue weighted by molar-refractivity contribution is 6.41. The fourth-order valence-corrected chi connectivity index (χ4v) is 8.15. The fraction of sp³-hybridized carbons (Fsp3) is 0.333. The summed E-state index contributed by atoms with van der Waals surface area (Å²) in [5.74, 6) is -3.47. The van der Waals surface area contributed by atoms with Crippen LogP contribution >= 0.6 is 11.6 Å². The minimum Gasteiger partial charge on any atom is -0.477 e. The summed E-state index contributed by atoms with van der Waals surface area (Å²) in [7, 11) is 0. The number of carbonyl (C=O) groups excluding carboxylic acids is 4. The monoisotopic (exact) mass is 794 g/mol. The van der Waals surface area contributed by atoms with Crippen LogP contribution in [0.15, 0.2) is 73.1 Å². The average Bonchev–Trinajstić information content (AvgIpc) is 3.90. The van der Waals surface area contributed by atoms with Gasteiger partial charge in [0, 0.05) is 65.9 Å². The molecule has 3 aliphatic rings.